The van der Waals surface area contributed by atoms with E-state index in [9.17, 15) is 14.3 Å². The van der Waals surface area contributed by atoms with E-state index in [1.54, 1.807) is 18.2 Å². The molecule has 0 aliphatic rings. The maximum Gasteiger partial charge on any atom is 0.269 e. The highest BCUT2D eigenvalue weighted by atomic mass is 19.1. The lowest BCUT2D eigenvalue weighted by Gasteiger charge is -2.14. The molecule has 1 unspecified atom stereocenters. The van der Waals surface area contributed by atoms with Crippen molar-refractivity contribution in [2.24, 2.45) is 5.92 Å². The molecule has 1 amide bonds. The molecule has 1 atom stereocenters. The van der Waals surface area contributed by atoms with Gasteiger partial charge in [0.15, 0.2) is 0 Å². The van der Waals surface area contributed by atoms with Crippen LogP contribution in [0, 0.1) is 11.7 Å². The number of carbonyl (C=O) groups excluding carboxylic acids is 1. The van der Waals surface area contributed by atoms with Crippen LogP contribution in [0.4, 0.5) is 4.39 Å². The average Bonchev–Trinajstić information content (AvgIpc) is 2.97. The van der Waals surface area contributed by atoms with Crippen LogP contribution >= 0.6 is 0 Å². The van der Waals surface area contributed by atoms with Gasteiger partial charge in [-0.05, 0) is 42.7 Å². The van der Waals surface area contributed by atoms with Gasteiger partial charge in [0.05, 0.1) is 11.8 Å². The van der Waals surface area contributed by atoms with Crippen LogP contribution < -0.4 is 5.32 Å². The number of amides is 1. The predicted molar refractivity (Wildman–Crippen MR) is 81.8 cm³/mol. The lowest BCUT2D eigenvalue weighted by atomic mass is 10.0. The van der Waals surface area contributed by atoms with Crippen molar-refractivity contribution in [3.63, 3.8) is 0 Å². The van der Waals surface area contributed by atoms with Crippen LogP contribution in [-0.4, -0.2) is 33.9 Å². The van der Waals surface area contributed by atoms with Crippen molar-refractivity contribution in [2.45, 2.75) is 26.4 Å². The Bertz CT molecular complexity index is 623. The Morgan fingerprint density at radius 2 is 2.05 bits per heavy atom. The Hall–Kier alpha value is -2.21. The van der Waals surface area contributed by atoms with E-state index >= 15 is 0 Å². The van der Waals surface area contributed by atoms with E-state index in [0.717, 1.165) is 5.56 Å². The zero-order chi connectivity index (χ0) is 16.1. The van der Waals surface area contributed by atoms with E-state index in [1.165, 1.54) is 12.1 Å². The van der Waals surface area contributed by atoms with Gasteiger partial charge in [-0.25, -0.2) is 4.39 Å². The lowest BCUT2D eigenvalue weighted by molar-refractivity contribution is 0.0915. The van der Waals surface area contributed by atoms with Gasteiger partial charge in [-0.15, -0.1) is 0 Å². The quantitative estimate of drug-likeness (QED) is 0.766. The fraction of sp³-hybridized carbons (Fsp3) is 0.375. The Balaban J connectivity index is 1.93. The highest BCUT2D eigenvalue weighted by molar-refractivity contribution is 5.93. The summed E-state index contributed by atoms with van der Waals surface area (Å²) in [5.41, 5.74) is 1.64. The lowest BCUT2D eigenvalue weighted by Crippen LogP contribution is -2.28. The highest BCUT2D eigenvalue weighted by Crippen LogP contribution is 2.17. The maximum absolute atomic E-state index is 12.9. The summed E-state index contributed by atoms with van der Waals surface area (Å²) >= 11 is 0. The average molecular weight is 305 g/mol. The highest BCUT2D eigenvalue weighted by Gasteiger charge is 2.13. The summed E-state index contributed by atoms with van der Waals surface area (Å²) < 4.78 is 12.9. The first kappa shape index (κ1) is 16.2. The van der Waals surface area contributed by atoms with Crippen molar-refractivity contribution in [1.82, 2.24) is 15.5 Å². The van der Waals surface area contributed by atoms with Gasteiger partial charge in [0.2, 0.25) is 0 Å². The second kappa shape index (κ2) is 7.17. The second-order valence-electron chi connectivity index (χ2n) is 5.53. The number of carbonyl (C=O) groups is 1. The summed E-state index contributed by atoms with van der Waals surface area (Å²) in [6.45, 7) is 4.25. The van der Waals surface area contributed by atoms with Crippen LogP contribution in [0.2, 0.25) is 0 Å². The van der Waals surface area contributed by atoms with Gasteiger partial charge in [0.1, 0.15) is 11.5 Å². The van der Waals surface area contributed by atoms with Crippen molar-refractivity contribution in [3.05, 3.63) is 41.8 Å². The van der Waals surface area contributed by atoms with Crippen LogP contribution in [0.15, 0.2) is 30.3 Å². The number of hydrogen-bond donors (Lipinski definition) is 3. The van der Waals surface area contributed by atoms with Gasteiger partial charge in [-0.2, -0.15) is 5.10 Å². The van der Waals surface area contributed by atoms with E-state index in [1.807, 2.05) is 13.8 Å². The first-order valence-electron chi connectivity index (χ1n) is 7.25. The molecule has 2 rings (SSSR count). The summed E-state index contributed by atoms with van der Waals surface area (Å²) in [5.74, 6) is -0.438. The van der Waals surface area contributed by atoms with Gasteiger partial charge in [0.25, 0.3) is 5.91 Å². The molecule has 0 aliphatic carbocycles. The zero-order valence-corrected chi connectivity index (χ0v) is 12.6. The van der Waals surface area contributed by atoms with Crippen LogP contribution in [0.1, 0.15) is 30.8 Å². The Labute approximate surface area is 128 Å². The molecule has 0 fully saturated rings. The summed E-state index contributed by atoms with van der Waals surface area (Å²) in [7, 11) is 0. The SMILES string of the molecule is CC(C)C(O)CCNC(=O)c1cc(-c2ccc(F)cc2)n[nH]1. The normalized spacial score (nSPS) is 12.4. The zero-order valence-electron chi connectivity index (χ0n) is 12.6. The van der Waals surface area contributed by atoms with E-state index in [-0.39, 0.29) is 17.6 Å². The van der Waals surface area contributed by atoms with Gasteiger partial charge in [-0.1, -0.05) is 13.8 Å². The van der Waals surface area contributed by atoms with Gasteiger partial charge in [0, 0.05) is 12.1 Å². The van der Waals surface area contributed by atoms with Crippen LogP contribution in [0.5, 0.6) is 0 Å². The molecule has 0 spiro atoms. The van der Waals surface area contributed by atoms with Gasteiger partial charge < -0.3 is 10.4 Å². The Morgan fingerprint density at radius 3 is 2.68 bits per heavy atom. The molecule has 22 heavy (non-hydrogen) atoms. The van der Waals surface area contributed by atoms with E-state index in [4.69, 9.17) is 0 Å². The molecule has 0 radical (unpaired) electrons. The molecule has 3 N–H and O–H groups in total. The van der Waals surface area contributed by atoms with Crippen molar-refractivity contribution in [1.29, 1.82) is 0 Å². The molecule has 1 heterocycles. The minimum Gasteiger partial charge on any atom is -0.393 e. The molecule has 6 heteroatoms. The molecule has 0 bridgehead atoms. The predicted octanol–water partition coefficient (Wildman–Crippen LogP) is 2.35. The minimum atomic E-state index is -0.433. The number of benzene rings is 1. The molecule has 118 valence electrons. The Kier molecular flexibility index (Phi) is 5.27. The van der Waals surface area contributed by atoms with Gasteiger partial charge in [-0.3, -0.25) is 9.89 Å². The van der Waals surface area contributed by atoms with Crippen molar-refractivity contribution >= 4 is 5.91 Å². The van der Waals surface area contributed by atoms with Crippen LogP contribution in [-0.2, 0) is 0 Å². The maximum atomic E-state index is 12.9. The van der Waals surface area contributed by atoms with Gasteiger partial charge >= 0.3 is 0 Å². The summed E-state index contributed by atoms with van der Waals surface area (Å²) in [4.78, 5) is 12.0. The molecular formula is C16H20FN3O2. The minimum absolute atomic E-state index is 0.161. The number of hydrogen-bond acceptors (Lipinski definition) is 3. The molecule has 0 saturated carbocycles. The third-order valence-corrected chi connectivity index (χ3v) is 3.46. The number of rotatable bonds is 6. The molecule has 1 aromatic carbocycles. The number of nitrogens with one attached hydrogen (secondary N) is 2. The molecule has 1 aromatic heterocycles. The third-order valence-electron chi connectivity index (χ3n) is 3.46. The van der Waals surface area contributed by atoms with Crippen molar-refractivity contribution in [2.75, 3.05) is 6.54 Å². The molecule has 0 aliphatic heterocycles. The van der Waals surface area contributed by atoms with E-state index in [2.05, 4.69) is 15.5 Å². The fourth-order valence-corrected chi connectivity index (χ4v) is 1.97. The molecule has 2 aromatic rings. The van der Waals surface area contributed by atoms with E-state index in [0.29, 0.717) is 24.4 Å². The second-order valence-corrected chi connectivity index (χ2v) is 5.53. The first-order valence-corrected chi connectivity index (χ1v) is 7.25. The summed E-state index contributed by atoms with van der Waals surface area (Å²) in [6, 6.07) is 7.51. The fourth-order valence-electron chi connectivity index (χ4n) is 1.97. The molecular weight excluding hydrogens is 285 g/mol. The summed E-state index contributed by atoms with van der Waals surface area (Å²) in [5, 5.41) is 19.1. The monoisotopic (exact) mass is 305 g/mol. The van der Waals surface area contributed by atoms with Crippen LogP contribution in [0.25, 0.3) is 11.3 Å². The smallest absolute Gasteiger partial charge is 0.269 e. The van der Waals surface area contributed by atoms with Crippen LogP contribution in [0.3, 0.4) is 0 Å². The number of aliphatic hydroxyl groups is 1. The Morgan fingerprint density at radius 1 is 1.36 bits per heavy atom. The number of H-pyrrole nitrogens is 1. The first-order chi connectivity index (χ1) is 10.5. The number of halogens is 1. The molecule has 5 nitrogen and oxygen atoms in total. The van der Waals surface area contributed by atoms with Crippen molar-refractivity contribution < 1.29 is 14.3 Å². The number of aromatic amines is 1. The van der Waals surface area contributed by atoms with E-state index < -0.39 is 6.10 Å². The third kappa shape index (κ3) is 4.14. The largest absolute Gasteiger partial charge is 0.393 e. The summed E-state index contributed by atoms with van der Waals surface area (Å²) in [6.07, 6.45) is 0.0689. The standard InChI is InChI=1S/C16H20FN3O2/c1-10(2)15(21)7-8-18-16(22)14-9-13(19-20-14)11-3-5-12(17)6-4-11/h3-6,9-10,15,21H,7-8H2,1-2H3,(H,18,22)(H,19,20). The number of aliphatic hydroxyl groups excluding tert-OH is 1. The molecule has 0 saturated heterocycles. The topological polar surface area (TPSA) is 78.0 Å². The number of nitrogens with zero attached hydrogens (tertiary/aromatic N) is 1. The van der Waals surface area contributed by atoms with Crippen molar-refractivity contribution in [3.8, 4) is 11.3 Å². The number of aromatic nitrogens is 2.